The predicted octanol–water partition coefficient (Wildman–Crippen LogP) is 1.03. The minimum absolute atomic E-state index is 0.313. The zero-order valence-corrected chi connectivity index (χ0v) is 10.0. The Morgan fingerprint density at radius 1 is 1.39 bits per heavy atom. The van der Waals surface area contributed by atoms with E-state index in [4.69, 9.17) is 14.0 Å². The van der Waals surface area contributed by atoms with Gasteiger partial charge in [-0.15, -0.1) is 0 Å². The summed E-state index contributed by atoms with van der Waals surface area (Å²) in [5.41, 5.74) is 0.963. The normalized spacial score (nSPS) is 14.2. The maximum atomic E-state index is 11.6. The largest absolute Gasteiger partial charge is 0.634 e. The highest BCUT2D eigenvalue weighted by Gasteiger charge is 2.35. The molecule has 1 fully saturated rings. The molecule has 6 heteroatoms. The van der Waals surface area contributed by atoms with Crippen LogP contribution in [0.25, 0.3) is 0 Å². The monoisotopic (exact) mass is 245 g/mol. The summed E-state index contributed by atoms with van der Waals surface area (Å²) in [7, 11) is -0.660. The van der Waals surface area contributed by atoms with Crippen LogP contribution in [0.2, 0.25) is 0 Å². The van der Waals surface area contributed by atoms with Crippen LogP contribution in [-0.4, -0.2) is 24.7 Å². The smallest absolute Gasteiger partial charge is 0.520 e. The van der Waals surface area contributed by atoms with Crippen LogP contribution in [0, 0.1) is 0 Å². The molecule has 1 saturated heterocycles. The van der Waals surface area contributed by atoms with E-state index in [0.717, 1.165) is 0 Å². The molecule has 5 nitrogen and oxygen atoms in total. The van der Waals surface area contributed by atoms with Crippen molar-refractivity contribution in [3.63, 3.8) is 0 Å². The van der Waals surface area contributed by atoms with E-state index in [-0.39, 0.29) is 0 Å². The van der Waals surface area contributed by atoms with Crippen LogP contribution in [0.1, 0.15) is 17.3 Å². The minimum atomic E-state index is -0.660. The lowest BCUT2D eigenvalue weighted by atomic mass is 9.80. The molecule has 0 radical (unpaired) electrons. The highest BCUT2D eigenvalue weighted by molar-refractivity contribution is 6.62. The second-order valence-corrected chi connectivity index (χ2v) is 3.64. The molecule has 0 saturated carbocycles. The van der Waals surface area contributed by atoms with Gasteiger partial charge in [0.2, 0.25) is 0 Å². The first-order valence-electron chi connectivity index (χ1n) is 5.45. The Morgan fingerprint density at radius 2 is 2.06 bits per heavy atom. The highest BCUT2D eigenvalue weighted by atomic mass is 16.6. The van der Waals surface area contributed by atoms with Crippen molar-refractivity contribution in [1.29, 1.82) is 0 Å². The van der Waals surface area contributed by atoms with Crippen molar-refractivity contribution in [2.45, 2.75) is 6.92 Å². The Kier molecular flexibility index (Phi) is 3.37. The van der Waals surface area contributed by atoms with E-state index in [0.29, 0.717) is 29.2 Å². The molecule has 0 bridgehead atoms. The number of esters is 1. The van der Waals surface area contributed by atoms with Gasteiger partial charge < -0.3 is 14.0 Å². The molecule has 0 spiro atoms. The molecule has 0 N–H and O–H groups in total. The summed E-state index contributed by atoms with van der Waals surface area (Å²) in [5.74, 6) is 0.325. The number of carbonyl (C=O) groups is 1. The molecule has 1 aliphatic rings. The first-order valence-corrected chi connectivity index (χ1v) is 5.45. The zero-order chi connectivity index (χ0) is 13.1. The quantitative estimate of drug-likeness (QED) is 0.587. The molecule has 92 valence electrons. The fourth-order valence-corrected chi connectivity index (χ4v) is 1.46. The lowest BCUT2D eigenvalue weighted by molar-refractivity contribution is 0.0526. The number of nitrogens with zero attached hydrogens (tertiary/aromatic N) is 1. The van der Waals surface area contributed by atoms with Gasteiger partial charge in [-0.05, 0) is 13.0 Å². The van der Waals surface area contributed by atoms with Crippen LogP contribution in [0.5, 0.6) is 0 Å². The first-order chi connectivity index (χ1) is 8.61. The van der Waals surface area contributed by atoms with Crippen molar-refractivity contribution in [1.82, 2.24) is 4.98 Å². The van der Waals surface area contributed by atoms with Crippen LogP contribution in [0.15, 0.2) is 43.1 Å². The third-order valence-electron chi connectivity index (χ3n) is 2.35. The third kappa shape index (κ3) is 2.37. The molecule has 2 rings (SSSR count). The molecule has 1 aromatic rings. The van der Waals surface area contributed by atoms with Crippen LogP contribution in [0.3, 0.4) is 0 Å². The molecule has 0 unspecified atom stereocenters. The molecule has 0 aliphatic carbocycles. The van der Waals surface area contributed by atoms with E-state index >= 15 is 0 Å². The van der Waals surface area contributed by atoms with E-state index < -0.39 is 13.1 Å². The van der Waals surface area contributed by atoms with E-state index in [2.05, 4.69) is 18.1 Å². The van der Waals surface area contributed by atoms with Gasteiger partial charge in [0.15, 0.2) is 0 Å². The minimum Gasteiger partial charge on any atom is -0.520 e. The summed E-state index contributed by atoms with van der Waals surface area (Å²) in [5, 5.41) is 0. The Hall–Kier alpha value is -2.24. The van der Waals surface area contributed by atoms with E-state index in [1.807, 2.05) is 0 Å². The van der Waals surface area contributed by atoms with Crippen molar-refractivity contribution in [2.75, 3.05) is 6.61 Å². The molecule has 1 aliphatic heterocycles. The number of pyridine rings is 1. The van der Waals surface area contributed by atoms with Crippen molar-refractivity contribution in [3.8, 4) is 0 Å². The third-order valence-corrected chi connectivity index (χ3v) is 2.35. The van der Waals surface area contributed by atoms with Crippen LogP contribution in [0.4, 0.5) is 0 Å². The van der Waals surface area contributed by atoms with E-state index in [1.54, 1.807) is 19.2 Å². The standard InChI is InChI=1S/C12H12BNO4/c1-4-16-12(15)10-5-11(7-14-6-10)13-17-8(2)9(3)18-13/h5-7H,2-4H2,1H3. The predicted molar refractivity (Wildman–Crippen MR) is 66.0 cm³/mol. The molecule has 1 aromatic heterocycles. The number of hydrogen-bond donors (Lipinski definition) is 0. The molecule has 0 amide bonds. The Balaban J connectivity index is 2.20. The second kappa shape index (κ2) is 4.95. The second-order valence-electron chi connectivity index (χ2n) is 3.64. The first kappa shape index (κ1) is 12.2. The Labute approximate surface area is 105 Å². The average Bonchev–Trinajstić information content (AvgIpc) is 2.70. The molecule has 18 heavy (non-hydrogen) atoms. The lowest BCUT2D eigenvalue weighted by Crippen LogP contribution is -2.32. The van der Waals surface area contributed by atoms with Crippen molar-refractivity contribution < 1.29 is 18.8 Å². The maximum Gasteiger partial charge on any atom is 0.634 e. The van der Waals surface area contributed by atoms with Gasteiger partial charge in [0.1, 0.15) is 11.5 Å². The maximum absolute atomic E-state index is 11.6. The molecular weight excluding hydrogens is 233 g/mol. The summed E-state index contributed by atoms with van der Waals surface area (Å²) in [6, 6.07) is 1.61. The van der Waals surface area contributed by atoms with E-state index in [9.17, 15) is 4.79 Å². The summed E-state index contributed by atoms with van der Waals surface area (Å²) in [6.07, 6.45) is 2.99. The number of carbonyl (C=O) groups excluding carboxylic acids is 1. The SMILES string of the molecule is C=C1OB(c2cncc(C(=O)OCC)c2)OC1=C. The fraction of sp³-hybridized carbons (Fsp3) is 0.167. The summed E-state index contributed by atoms with van der Waals surface area (Å²) >= 11 is 0. The van der Waals surface area contributed by atoms with Gasteiger partial charge in [-0.3, -0.25) is 4.98 Å². The summed E-state index contributed by atoms with van der Waals surface area (Å²) in [4.78, 5) is 15.5. The van der Waals surface area contributed by atoms with Gasteiger partial charge in [-0.25, -0.2) is 4.79 Å². The summed E-state index contributed by atoms with van der Waals surface area (Å²) < 4.78 is 15.6. The lowest BCUT2D eigenvalue weighted by Gasteiger charge is -2.05. The number of aromatic nitrogens is 1. The molecule has 2 heterocycles. The highest BCUT2D eigenvalue weighted by Crippen LogP contribution is 2.20. The molecular formula is C12H12BNO4. The van der Waals surface area contributed by atoms with Gasteiger partial charge >= 0.3 is 13.1 Å². The van der Waals surface area contributed by atoms with Gasteiger partial charge in [0, 0.05) is 17.9 Å². The van der Waals surface area contributed by atoms with Gasteiger partial charge in [0.25, 0.3) is 0 Å². The van der Waals surface area contributed by atoms with Crippen molar-refractivity contribution in [2.24, 2.45) is 0 Å². The Bertz CT molecular complexity index is 499. The fourth-order valence-electron chi connectivity index (χ4n) is 1.46. The average molecular weight is 245 g/mol. The number of hydrogen-bond acceptors (Lipinski definition) is 5. The zero-order valence-electron chi connectivity index (χ0n) is 10.0. The molecule has 0 aromatic carbocycles. The van der Waals surface area contributed by atoms with Crippen molar-refractivity contribution in [3.05, 3.63) is 48.7 Å². The van der Waals surface area contributed by atoms with Crippen molar-refractivity contribution >= 4 is 18.6 Å². The Morgan fingerprint density at radius 3 is 2.67 bits per heavy atom. The van der Waals surface area contributed by atoms with Crippen LogP contribution < -0.4 is 5.46 Å². The number of rotatable bonds is 3. The summed E-state index contributed by atoms with van der Waals surface area (Å²) in [6.45, 7) is 9.33. The van der Waals surface area contributed by atoms with Crippen LogP contribution >= 0.6 is 0 Å². The van der Waals surface area contributed by atoms with E-state index in [1.165, 1.54) is 6.20 Å². The topological polar surface area (TPSA) is 57.7 Å². The molecule has 0 atom stereocenters. The van der Waals surface area contributed by atoms with Gasteiger partial charge in [0.05, 0.1) is 12.2 Å². The number of ether oxygens (including phenoxy) is 1. The van der Waals surface area contributed by atoms with Gasteiger partial charge in [-0.1, -0.05) is 13.2 Å². The van der Waals surface area contributed by atoms with Gasteiger partial charge in [-0.2, -0.15) is 0 Å². The van der Waals surface area contributed by atoms with Crippen LogP contribution in [-0.2, 0) is 14.0 Å².